The monoisotopic (exact) mass is 363 g/mol. The second kappa shape index (κ2) is 7.87. The molecule has 0 aromatic heterocycles. The van der Waals surface area contributed by atoms with Crippen LogP contribution in [-0.2, 0) is 0 Å². The Morgan fingerprint density at radius 1 is 1.24 bits per heavy atom. The van der Waals surface area contributed by atoms with E-state index in [9.17, 15) is 23.3 Å². The minimum atomic E-state index is -4.46. The first-order valence-corrected chi connectivity index (χ1v) is 7.68. The molecule has 0 saturated carbocycles. The second-order valence-corrected chi connectivity index (χ2v) is 5.64. The molecule has 0 amide bonds. The Hall–Kier alpha value is -2.07. The molecule has 0 unspecified atom stereocenters. The largest absolute Gasteiger partial charge is 0.493 e. The molecule has 1 aromatic carbocycles. The summed E-state index contributed by atoms with van der Waals surface area (Å²) < 4.78 is 49.6. The van der Waals surface area contributed by atoms with Gasteiger partial charge in [-0.15, -0.1) is 0 Å². The average Bonchev–Trinajstić information content (AvgIpc) is 2.58. The van der Waals surface area contributed by atoms with E-state index in [0.717, 1.165) is 6.07 Å². The Labute approximate surface area is 142 Å². The molecule has 7 nitrogen and oxygen atoms in total. The standard InChI is InChI=1S/C15H20F3N3O4/c1-24-13-7-10(11(21(22)23)8-14(13)25-2)12(9-15(16,17)18)20-5-3-19-4-6-20/h7-8,12,19H,3-6,9H2,1-2H3/t12-/m1/s1. The lowest BCUT2D eigenvalue weighted by atomic mass is 9.98. The van der Waals surface area contributed by atoms with Gasteiger partial charge in [-0.1, -0.05) is 0 Å². The quantitative estimate of drug-likeness (QED) is 0.618. The smallest absolute Gasteiger partial charge is 0.390 e. The van der Waals surface area contributed by atoms with E-state index in [2.05, 4.69) is 5.32 Å². The average molecular weight is 363 g/mol. The highest BCUT2D eigenvalue weighted by atomic mass is 19.4. The predicted molar refractivity (Wildman–Crippen MR) is 84.1 cm³/mol. The van der Waals surface area contributed by atoms with Gasteiger partial charge in [0.25, 0.3) is 5.69 Å². The Bertz CT molecular complexity index is 619. The number of alkyl halides is 3. The Kier molecular flexibility index (Phi) is 6.07. The van der Waals surface area contributed by atoms with Crippen molar-refractivity contribution in [1.29, 1.82) is 0 Å². The zero-order chi connectivity index (χ0) is 18.6. The molecule has 25 heavy (non-hydrogen) atoms. The van der Waals surface area contributed by atoms with Crippen LogP contribution in [0.5, 0.6) is 11.5 Å². The number of halogens is 3. The highest BCUT2D eigenvalue weighted by molar-refractivity contribution is 5.55. The number of hydrogen-bond donors (Lipinski definition) is 1. The zero-order valence-corrected chi connectivity index (χ0v) is 13.9. The van der Waals surface area contributed by atoms with Gasteiger partial charge in [0.05, 0.1) is 43.2 Å². The lowest BCUT2D eigenvalue weighted by Gasteiger charge is -2.35. The second-order valence-electron chi connectivity index (χ2n) is 5.64. The summed E-state index contributed by atoms with van der Waals surface area (Å²) in [6.45, 7) is 1.78. The van der Waals surface area contributed by atoms with Gasteiger partial charge in [0, 0.05) is 26.2 Å². The lowest BCUT2D eigenvalue weighted by molar-refractivity contribution is -0.386. The maximum absolute atomic E-state index is 13.1. The molecule has 1 heterocycles. The minimum absolute atomic E-state index is 0.0260. The van der Waals surface area contributed by atoms with Crippen LogP contribution in [0.4, 0.5) is 18.9 Å². The van der Waals surface area contributed by atoms with E-state index < -0.39 is 29.2 Å². The summed E-state index contributed by atoms with van der Waals surface area (Å²) in [6.07, 6.45) is -5.64. The molecule has 1 aliphatic rings. The molecule has 0 radical (unpaired) electrons. The molecule has 0 aliphatic carbocycles. The topological polar surface area (TPSA) is 76.9 Å². The van der Waals surface area contributed by atoms with Crippen LogP contribution in [0.15, 0.2) is 12.1 Å². The molecule has 1 atom stereocenters. The first-order valence-electron chi connectivity index (χ1n) is 7.68. The van der Waals surface area contributed by atoms with Gasteiger partial charge in [-0.3, -0.25) is 15.0 Å². The van der Waals surface area contributed by atoms with Gasteiger partial charge in [0.2, 0.25) is 0 Å². The molecule has 10 heteroatoms. The number of benzene rings is 1. The van der Waals surface area contributed by atoms with Crippen LogP contribution >= 0.6 is 0 Å². The van der Waals surface area contributed by atoms with Gasteiger partial charge in [-0.05, 0) is 6.07 Å². The van der Waals surface area contributed by atoms with Crippen LogP contribution in [0.2, 0.25) is 0 Å². The summed E-state index contributed by atoms with van der Waals surface area (Å²) in [6, 6.07) is 1.22. The van der Waals surface area contributed by atoms with E-state index in [-0.39, 0.29) is 17.1 Å². The summed E-state index contributed by atoms with van der Waals surface area (Å²) in [5, 5.41) is 14.5. The van der Waals surface area contributed by atoms with Gasteiger partial charge in [-0.2, -0.15) is 13.2 Å². The summed E-state index contributed by atoms with van der Waals surface area (Å²) in [5.74, 6) is 0.259. The van der Waals surface area contributed by atoms with Crippen molar-refractivity contribution in [2.45, 2.75) is 18.6 Å². The number of ether oxygens (including phenoxy) is 2. The van der Waals surface area contributed by atoms with Crippen LogP contribution in [0, 0.1) is 10.1 Å². The van der Waals surface area contributed by atoms with Crippen molar-refractivity contribution in [3.8, 4) is 11.5 Å². The normalized spacial score (nSPS) is 17.2. The fraction of sp³-hybridized carbons (Fsp3) is 0.600. The van der Waals surface area contributed by atoms with Crippen molar-refractivity contribution in [2.24, 2.45) is 0 Å². The van der Waals surface area contributed by atoms with Crippen molar-refractivity contribution >= 4 is 5.69 Å². The third kappa shape index (κ3) is 4.73. The maximum Gasteiger partial charge on any atom is 0.390 e. The molecule has 2 rings (SSSR count). The molecule has 0 spiro atoms. The first-order chi connectivity index (χ1) is 11.8. The molecular weight excluding hydrogens is 343 g/mol. The fourth-order valence-electron chi connectivity index (χ4n) is 2.96. The SMILES string of the molecule is COc1cc([C@@H](CC(F)(F)F)N2CCNCC2)c([N+](=O)[O-])cc1OC. The lowest BCUT2D eigenvalue weighted by Crippen LogP contribution is -2.46. The van der Waals surface area contributed by atoms with Crippen LogP contribution in [-0.4, -0.2) is 56.4 Å². The minimum Gasteiger partial charge on any atom is -0.493 e. The van der Waals surface area contributed by atoms with Crippen molar-refractivity contribution in [3.05, 3.63) is 27.8 Å². The molecule has 1 saturated heterocycles. The molecule has 1 aliphatic heterocycles. The van der Waals surface area contributed by atoms with Crippen molar-refractivity contribution in [1.82, 2.24) is 10.2 Å². The highest BCUT2D eigenvalue weighted by Gasteiger charge is 2.39. The van der Waals surface area contributed by atoms with E-state index in [4.69, 9.17) is 9.47 Å². The molecular formula is C15H20F3N3O4. The number of piperazine rings is 1. The summed E-state index contributed by atoms with van der Waals surface area (Å²) in [7, 11) is 2.64. The van der Waals surface area contributed by atoms with Crippen molar-refractivity contribution < 1.29 is 27.6 Å². The summed E-state index contributed by atoms with van der Waals surface area (Å²) in [4.78, 5) is 12.4. The zero-order valence-electron chi connectivity index (χ0n) is 13.9. The van der Waals surface area contributed by atoms with E-state index in [1.165, 1.54) is 20.3 Å². The van der Waals surface area contributed by atoms with Crippen molar-refractivity contribution in [3.63, 3.8) is 0 Å². The number of nitro benzene ring substituents is 1. The first kappa shape index (κ1) is 19.3. The van der Waals surface area contributed by atoms with E-state index in [1.807, 2.05) is 0 Å². The number of hydrogen-bond acceptors (Lipinski definition) is 6. The summed E-state index contributed by atoms with van der Waals surface area (Å²) >= 11 is 0. The molecule has 1 N–H and O–H groups in total. The van der Waals surface area contributed by atoms with Gasteiger partial charge >= 0.3 is 6.18 Å². The number of nitrogens with zero attached hydrogens (tertiary/aromatic N) is 2. The highest BCUT2D eigenvalue weighted by Crippen LogP contribution is 2.42. The van der Waals surface area contributed by atoms with Crippen LogP contribution in [0.3, 0.4) is 0 Å². The van der Waals surface area contributed by atoms with E-state index in [1.54, 1.807) is 4.90 Å². The number of methoxy groups -OCH3 is 2. The van der Waals surface area contributed by atoms with Crippen LogP contribution in [0.1, 0.15) is 18.0 Å². The van der Waals surface area contributed by atoms with Gasteiger partial charge < -0.3 is 14.8 Å². The van der Waals surface area contributed by atoms with Crippen LogP contribution < -0.4 is 14.8 Å². The molecule has 1 aromatic rings. The fourth-order valence-corrected chi connectivity index (χ4v) is 2.96. The predicted octanol–water partition coefficient (Wildman–Crippen LogP) is 2.51. The van der Waals surface area contributed by atoms with Gasteiger partial charge in [0.15, 0.2) is 11.5 Å². The summed E-state index contributed by atoms with van der Waals surface area (Å²) in [5.41, 5.74) is -0.438. The van der Waals surface area contributed by atoms with Crippen molar-refractivity contribution in [2.75, 3.05) is 40.4 Å². The van der Waals surface area contributed by atoms with Crippen LogP contribution in [0.25, 0.3) is 0 Å². The van der Waals surface area contributed by atoms with Gasteiger partial charge in [-0.25, -0.2) is 0 Å². The Morgan fingerprint density at radius 2 is 1.80 bits per heavy atom. The number of nitro groups is 1. The maximum atomic E-state index is 13.1. The molecule has 140 valence electrons. The van der Waals surface area contributed by atoms with E-state index in [0.29, 0.717) is 26.2 Å². The number of rotatable bonds is 6. The Balaban J connectivity index is 2.55. The number of nitrogens with one attached hydrogen (secondary N) is 1. The molecule has 1 fully saturated rings. The molecule has 0 bridgehead atoms. The Morgan fingerprint density at radius 3 is 2.28 bits per heavy atom. The van der Waals surface area contributed by atoms with Gasteiger partial charge in [0.1, 0.15) is 0 Å². The third-order valence-electron chi connectivity index (χ3n) is 4.11. The van der Waals surface area contributed by atoms with E-state index >= 15 is 0 Å². The third-order valence-corrected chi connectivity index (χ3v) is 4.11.